The van der Waals surface area contributed by atoms with Gasteiger partial charge in [0, 0.05) is 37.6 Å². The molecule has 0 aliphatic heterocycles. The van der Waals surface area contributed by atoms with Crippen molar-refractivity contribution in [1.29, 1.82) is 0 Å². The minimum atomic E-state index is 0. The van der Waals surface area contributed by atoms with E-state index in [0.717, 1.165) is 25.5 Å². The second-order valence-corrected chi connectivity index (χ2v) is 5.92. The van der Waals surface area contributed by atoms with Crippen LogP contribution in [-0.2, 0) is 6.42 Å². The van der Waals surface area contributed by atoms with Gasteiger partial charge >= 0.3 is 0 Å². The van der Waals surface area contributed by atoms with Crippen LogP contribution in [0.25, 0.3) is 0 Å². The van der Waals surface area contributed by atoms with E-state index >= 15 is 0 Å². The standard InChI is InChI=1S/C14H26N4S.HI/c1-4-5-6-7-9-16-14(15-3)17-10-8-13-18-11-12(2)19-13;/h11H,4-10H2,1-3H3,(H2,15,16,17);1H. The van der Waals surface area contributed by atoms with Crippen LogP contribution in [-0.4, -0.2) is 31.1 Å². The highest BCUT2D eigenvalue weighted by Gasteiger charge is 2.00. The summed E-state index contributed by atoms with van der Waals surface area (Å²) < 4.78 is 0. The summed E-state index contributed by atoms with van der Waals surface area (Å²) in [5.74, 6) is 0.893. The van der Waals surface area contributed by atoms with Gasteiger partial charge in [0.25, 0.3) is 0 Å². The first-order chi connectivity index (χ1) is 9.26. The molecular weight excluding hydrogens is 383 g/mol. The van der Waals surface area contributed by atoms with Gasteiger partial charge in [-0.15, -0.1) is 35.3 Å². The van der Waals surface area contributed by atoms with E-state index in [9.17, 15) is 0 Å². The number of rotatable bonds is 8. The van der Waals surface area contributed by atoms with Gasteiger partial charge < -0.3 is 10.6 Å². The Balaban J connectivity index is 0.00000361. The smallest absolute Gasteiger partial charge is 0.190 e. The number of hydrogen-bond donors (Lipinski definition) is 2. The Morgan fingerprint density at radius 1 is 1.25 bits per heavy atom. The maximum Gasteiger partial charge on any atom is 0.190 e. The molecule has 0 amide bonds. The molecule has 0 bridgehead atoms. The number of guanidine groups is 1. The van der Waals surface area contributed by atoms with Crippen LogP contribution < -0.4 is 10.6 Å². The molecule has 1 heterocycles. The van der Waals surface area contributed by atoms with Crippen molar-refractivity contribution < 1.29 is 0 Å². The molecule has 0 fully saturated rings. The number of nitrogens with one attached hydrogen (secondary N) is 2. The zero-order chi connectivity index (χ0) is 13.9. The van der Waals surface area contributed by atoms with Gasteiger partial charge in [-0.2, -0.15) is 0 Å². The van der Waals surface area contributed by atoms with Crippen molar-refractivity contribution in [2.45, 2.75) is 46.0 Å². The van der Waals surface area contributed by atoms with Gasteiger partial charge in [0.1, 0.15) is 0 Å². The fraction of sp³-hybridized carbons (Fsp3) is 0.714. The van der Waals surface area contributed by atoms with E-state index in [4.69, 9.17) is 0 Å². The number of aliphatic imine (C=N–C) groups is 1. The number of hydrogen-bond acceptors (Lipinski definition) is 3. The minimum absolute atomic E-state index is 0. The van der Waals surface area contributed by atoms with Gasteiger partial charge in [0.15, 0.2) is 5.96 Å². The lowest BCUT2D eigenvalue weighted by Gasteiger charge is -2.11. The molecule has 0 saturated heterocycles. The fourth-order valence-electron chi connectivity index (χ4n) is 1.78. The molecule has 20 heavy (non-hydrogen) atoms. The van der Waals surface area contributed by atoms with Crippen LogP contribution in [0.5, 0.6) is 0 Å². The van der Waals surface area contributed by atoms with E-state index in [0.29, 0.717) is 0 Å². The maximum atomic E-state index is 4.35. The topological polar surface area (TPSA) is 49.3 Å². The van der Waals surface area contributed by atoms with E-state index in [-0.39, 0.29) is 24.0 Å². The zero-order valence-electron chi connectivity index (χ0n) is 12.7. The van der Waals surface area contributed by atoms with Crippen molar-refractivity contribution in [1.82, 2.24) is 15.6 Å². The first-order valence-electron chi connectivity index (χ1n) is 7.12. The molecule has 1 aromatic heterocycles. The summed E-state index contributed by atoms with van der Waals surface area (Å²) in [6.07, 6.45) is 7.98. The number of halogens is 1. The Bertz CT molecular complexity index is 379. The normalized spacial score (nSPS) is 11.1. The highest BCUT2D eigenvalue weighted by molar-refractivity contribution is 14.0. The van der Waals surface area contributed by atoms with Crippen LogP contribution in [0.4, 0.5) is 0 Å². The van der Waals surface area contributed by atoms with Crippen LogP contribution in [0.15, 0.2) is 11.2 Å². The molecule has 0 aliphatic rings. The second kappa shape index (κ2) is 12.4. The van der Waals surface area contributed by atoms with Gasteiger partial charge in [-0.3, -0.25) is 4.99 Å². The van der Waals surface area contributed by atoms with E-state index in [1.54, 1.807) is 11.3 Å². The van der Waals surface area contributed by atoms with Crippen molar-refractivity contribution in [2.24, 2.45) is 4.99 Å². The quantitative estimate of drug-likeness (QED) is 0.299. The SMILES string of the molecule is CCCCCCNC(=NC)NCCc1ncc(C)s1.I. The summed E-state index contributed by atoms with van der Waals surface area (Å²) in [6, 6.07) is 0. The first-order valence-corrected chi connectivity index (χ1v) is 7.93. The molecule has 1 aromatic rings. The maximum absolute atomic E-state index is 4.35. The van der Waals surface area contributed by atoms with E-state index in [1.165, 1.54) is 35.6 Å². The highest BCUT2D eigenvalue weighted by Crippen LogP contribution is 2.10. The molecule has 0 atom stereocenters. The van der Waals surface area contributed by atoms with Crippen molar-refractivity contribution in [3.05, 3.63) is 16.1 Å². The van der Waals surface area contributed by atoms with Crippen LogP contribution in [0.3, 0.4) is 0 Å². The zero-order valence-corrected chi connectivity index (χ0v) is 15.9. The molecule has 0 radical (unpaired) electrons. The minimum Gasteiger partial charge on any atom is -0.356 e. The molecular formula is C14H27IN4S. The second-order valence-electron chi connectivity index (χ2n) is 4.60. The third-order valence-electron chi connectivity index (χ3n) is 2.85. The average molecular weight is 410 g/mol. The lowest BCUT2D eigenvalue weighted by molar-refractivity contribution is 0.647. The van der Waals surface area contributed by atoms with E-state index in [2.05, 4.69) is 34.5 Å². The Labute approximate surface area is 143 Å². The number of unbranched alkanes of at least 4 members (excludes halogenated alkanes) is 3. The molecule has 0 aliphatic carbocycles. The molecule has 6 heteroatoms. The van der Waals surface area contributed by atoms with Crippen molar-refractivity contribution in [3.8, 4) is 0 Å². The lowest BCUT2D eigenvalue weighted by atomic mass is 10.2. The summed E-state index contributed by atoms with van der Waals surface area (Å²) in [7, 11) is 1.81. The van der Waals surface area contributed by atoms with Gasteiger partial charge in [-0.05, 0) is 13.3 Å². The van der Waals surface area contributed by atoms with E-state index < -0.39 is 0 Å². The molecule has 4 nitrogen and oxygen atoms in total. The molecule has 0 spiro atoms. The van der Waals surface area contributed by atoms with Crippen LogP contribution in [0.1, 0.15) is 42.5 Å². The largest absolute Gasteiger partial charge is 0.356 e. The Morgan fingerprint density at radius 3 is 2.60 bits per heavy atom. The number of aryl methyl sites for hydroxylation is 1. The van der Waals surface area contributed by atoms with Crippen molar-refractivity contribution in [3.63, 3.8) is 0 Å². The third-order valence-corrected chi connectivity index (χ3v) is 3.82. The summed E-state index contributed by atoms with van der Waals surface area (Å²) in [6.45, 7) is 6.19. The highest BCUT2D eigenvalue weighted by atomic mass is 127. The number of nitrogens with zero attached hydrogens (tertiary/aromatic N) is 2. The van der Waals surface area contributed by atoms with Crippen molar-refractivity contribution >= 4 is 41.3 Å². The number of thiazole rings is 1. The fourth-order valence-corrected chi connectivity index (χ4v) is 2.57. The summed E-state index contributed by atoms with van der Waals surface area (Å²) in [5, 5.41) is 7.85. The van der Waals surface area contributed by atoms with Crippen molar-refractivity contribution in [2.75, 3.05) is 20.1 Å². The average Bonchev–Trinajstić information content (AvgIpc) is 2.82. The Morgan fingerprint density at radius 2 is 2.00 bits per heavy atom. The monoisotopic (exact) mass is 410 g/mol. The molecule has 116 valence electrons. The molecule has 0 unspecified atom stereocenters. The summed E-state index contributed by atoms with van der Waals surface area (Å²) in [5.41, 5.74) is 0. The van der Waals surface area contributed by atoms with E-state index in [1.807, 2.05) is 13.2 Å². The Kier molecular flexibility index (Phi) is 12.1. The number of aromatic nitrogens is 1. The Hall–Kier alpha value is -0.370. The van der Waals surface area contributed by atoms with Crippen LogP contribution in [0, 0.1) is 6.92 Å². The predicted molar refractivity (Wildman–Crippen MR) is 99.5 cm³/mol. The van der Waals surface area contributed by atoms with Crippen LogP contribution in [0.2, 0.25) is 0 Å². The molecule has 2 N–H and O–H groups in total. The van der Waals surface area contributed by atoms with Gasteiger partial charge in [-0.1, -0.05) is 26.2 Å². The third kappa shape index (κ3) is 8.73. The molecule has 1 rings (SSSR count). The van der Waals surface area contributed by atoms with Gasteiger partial charge in [-0.25, -0.2) is 4.98 Å². The van der Waals surface area contributed by atoms with Crippen LogP contribution >= 0.6 is 35.3 Å². The first kappa shape index (κ1) is 19.6. The molecule has 0 aromatic carbocycles. The summed E-state index contributed by atoms with van der Waals surface area (Å²) in [4.78, 5) is 9.84. The van der Waals surface area contributed by atoms with Gasteiger partial charge in [0.2, 0.25) is 0 Å². The predicted octanol–water partition coefficient (Wildman–Crippen LogP) is 3.36. The molecule has 0 saturated carbocycles. The summed E-state index contributed by atoms with van der Waals surface area (Å²) >= 11 is 1.76. The lowest BCUT2D eigenvalue weighted by Crippen LogP contribution is -2.38. The van der Waals surface area contributed by atoms with Gasteiger partial charge in [0.05, 0.1) is 5.01 Å².